The maximum absolute atomic E-state index is 3.89. The smallest absolute Gasteiger partial charge is 0.315 e. The lowest BCUT2D eigenvalue weighted by Gasteiger charge is -2.58. The summed E-state index contributed by atoms with van der Waals surface area (Å²) < 4.78 is 10.9. The first-order chi connectivity index (χ1) is 27.9. The quantitative estimate of drug-likeness (QED) is 0.166. The van der Waals surface area contributed by atoms with Crippen molar-refractivity contribution in [1.82, 2.24) is 0 Å². The standard InChI is InChI=1S/C52H44N4Si/c1-37-21-29-41(30-22-37)53-49-17-9-5-13-45(49)46-14-6-10-18-50(46)54(42-31-23-38(2)24-32-42)57(53)55(43-33-25-39(3)26-34-43)51-19-11-7-15-47(51)48-16-8-12-20-52(48)56(57)44-35-27-40(4)28-36-44/h5-36H,1-4H3. The zero-order valence-electron chi connectivity index (χ0n) is 32.8. The molecule has 57 heavy (non-hydrogen) atoms. The molecule has 2 heterocycles. The van der Waals surface area contributed by atoms with Crippen LogP contribution in [0.15, 0.2) is 194 Å². The number of benzene rings is 8. The molecular formula is C52H44N4Si. The molecule has 0 radical (unpaired) electrons. The van der Waals surface area contributed by atoms with Gasteiger partial charge in [-0.2, -0.15) is 0 Å². The Morgan fingerprint density at radius 3 is 0.649 bits per heavy atom. The molecule has 0 amide bonds. The van der Waals surface area contributed by atoms with Crippen molar-refractivity contribution in [2.24, 2.45) is 0 Å². The molecule has 0 saturated carbocycles. The zero-order valence-corrected chi connectivity index (χ0v) is 33.8. The Bertz CT molecular complexity index is 2360. The molecule has 8 aromatic rings. The molecule has 5 heteroatoms. The van der Waals surface area contributed by atoms with Gasteiger partial charge >= 0.3 is 8.72 Å². The first-order valence-corrected chi connectivity index (χ1v) is 21.6. The molecule has 276 valence electrons. The lowest BCUT2D eigenvalue weighted by molar-refractivity contribution is 1.10. The van der Waals surface area contributed by atoms with Crippen molar-refractivity contribution in [3.05, 3.63) is 216 Å². The van der Waals surface area contributed by atoms with Crippen molar-refractivity contribution in [2.45, 2.75) is 27.7 Å². The average Bonchev–Trinajstić information content (AvgIpc) is 3.42. The van der Waals surface area contributed by atoms with E-state index in [0.29, 0.717) is 0 Å². The molecule has 10 rings (SSSR count). The SMILES string of the molecule is Cc1ccc(N2c3ccccc3-c3ccccc3N(c3ccc(C)cc3)[Si]23N(c2ccc(C)cc2)c2ccccc2-c2ccccc2N3c2ccc(C)cc2)cc1. The fraction of sp³-hybridized carbons (Fsp3) is 0.0769. The lowest BCUT2D eigenvalue weighted by atomic mass is 10.0. The lowest BCUT2D eigenvalue weighted by Crippen LogP contribution is -2.80. The van der Waals surface area contributed by atoms with Crippen LogP contribution in [-0.2, 0) is 0 Å². The van der Waals surface area contributed by atoms with E-state index in [9.17, 15) is 0 Å². The zero-order chi connectivity index (χ0) is 38.7. The Morgan fingerprint density at radius 2 is 0.439 bits per heavy atom. The van der Waals surface area contributed by atoms with Crippen LogP contribution >= 0.6 is 0 Å². The van der Waals surface area contributed by atoms with Gasteiger partial charge in [0.05, 0.1) is 0 Å². The van der Waals surface area contributed by atoms with Crippen molar-refractivity contribution in [3.63, 3.8) is 0 Å². The van der Waals surface area contributed by atoms with E-state index in [1.807, 2.05) is 0 Å². The van der Waals surface area contributed by atoms with Gasteiger partial charge in [-0.1, -0.05) is 144 Å². The van der Waals surface area contributed by atoms with Crippen LogP contribution in [0.4, 0.5) is 45.5 Å². The third-order valence-corrected chi connectivity index (χ3v) is 15.9. The average molecular weight is 753 g/mol. The molecule has 1 spiro atoms. The van der Waals surface area contributed by atoms with Gasteiger partial charge in [-0.05, 0) is 100 Å². The Morgan fingerprint density at radius 1 is 0.246 bits per heavy atom. The highest BCUT2D eigenvalue weighted by Gasteiger charge is 2.65. The van der Waals surface area contributed by atoms with E-state index in [4.69, 9.17) is 0 Å². The molecule has 8 aromatic carbocycles. The van der Waals surface area contributed by atoms with Gasteiger partial charge < -0.3 is 18.3 Å². The number of hydrogen-bond donors (Lipinski definition) is 0. The van der Waals surface area contributed by atoms with Gasteiger partial charge in [0.1, 0.15) is 0 Å². The summed E-state index contributed by atoms with van der Waals surface area (Å²) in [5, 5.41) is 0. The Balaban J connectivity index is 1.52. The maximum Gasteiger partial charge on any atom is 0.521 e. The van der Waals surface area contributed by atoms with Gasteiger partial charge in [-0.25, -0.2) is 0 Å². The summed E-state index contributed by atoms with van der Waals surface area (Å²) >= 11 is 0. The molecule has 0 aliphatic carbocycles. The highest BCUT2D eigenvalue weighted by atomic mass is 28.4. The van der Waals surface area contributed by atoms with Gasteiger partial charge in [0.15, 0.2) is 0 Å². The van der Waals surface area contributed by atoms with Crippen molar-refractivity contribution >= 4 is 54.2 Å². The topological polar surface area (TPSA) is 13.0 Å². The van der Waals surface area contributed by atoms with Crippen LogP contribution in [0.2, 0.25) is 0 Å². The number of aryl methyl sites for hydroxylation is 4. The van der Waals surface area contributed by atoms with E-state index in [-0.39, 0.29) is 0 Å². The first-order valence-electron chi connectivity index (χ1n) is 19.8. The second kappa shape index (κ2) is 13.7. The normalized spacial score (nSPS) is 14.0. The summed E-state index contributed by atoms with van der Waals surface area (Å²) in [5.74, 6) is 0. The van der Waals surface area contributed by atoms with Crippen LogP contribution in [0.1, 0.15) is 22.3 Å². The number of para-hydroxylation sites is 4. The highest BCUT2D eigenvalue weighted by Crippen LogP contribution is 2.59. The summed E-state index contributed by atoms with van der Waals surface area (Å²) in [7, 11) is -3.89. The van der Waals surface area contributed by atoms with Crippen LogP contribution in [0.25, 0.3) is 22.3 Å². The second-order valence-corrected chi connectivity index (χ2v) is 18.3. The Kier molecular flexibility index (Phi) is 8.35. The molecule has 0 atom stereocenters. The van der Waals surface area contributed by atoms with Gasteiger partial charge in [0.2, 0.25) is 0 Å². The fourth-order valence-electron chi connectivity index (χ4n) is 8.86. The van der Waals surface area contributed by atoms with E-state index in [0.717, 1.165) is 45.5 Å². The third kappa shape index (κ3) is 5.49. The molecule has 2 aliphatic heterocycles. The number of rotatable bonds is 4. The second-order valence-electron chi connectivity index (χ2n) is 15.4. The monoisotopic (exact) mass is 752 g/mol. The number of nitrogens with zero attached hydrogens (tertiary/aromatic N) is 4. The molecular weight excluding hydrogens is 709 g/mol. The van der Waals surface area contributed by atoms with E-state index < -0.39 is 8.72 Å². The largest absolute Gasteiger partial charge is 0.521 e. The minimum absolute atomic E-state index is 1.12. The summed E-state index contributed by atoms with van der Waals surface area (Å²) in [6.07, 6.45) is 0. The maximum atomic E-state index is 2.74. The molecule has 2 aliphatic rings. The van der Waals surface area contributed by atoms with Crippen LogP contribution in [0.5, 0.6) is 0 Å². The van der Waals surface area contributed by atoms with Crippen LogP contribution in [0, 0.1) is 27.7 Å². The summed E-state index contributed by atoms with van der Waals surface area (Å²) in [6, 6.07) is 72.9. The molecule has 0 saturated heterocycles. The van der Waals surface area contributed by atoms with Crippen molar-refractivity contribution in [3.8, 4) is 22.3 Å². The van der Waals surface area contributed by atoms with Gasteiger partial charge in [0, 0.05) is 67.8 Å². The van der Waals surface area contributed by atoms with Crippen LogP contribution < -0.4 is 18.3 Å². The predicted octanol–water partition coefficient (Wildman–Crippen LogP) is 14.0. The Hall–Kier alpha value is -6.82. The van der Waals surface area contributed by atoms with Crippen molar-refractivity contribution in [1.29, 1.82) is 0 Å². The summed E-state index contributed by atoms with van der Waals surface area (Å²) in [6.45, 7) is 8.71. The van der Waals surface area contributed by atoms with Gasteiger partial charge in [-0.15, -0.1) is 0 Å². The molecule has 0 fully saturated rings. The van der Waals surface area contributed by atoms with Gasteiger partial charge in [-0.3, -0.25) is 0 Å². The Labute approximate surface area is 337 Å². The predicted molar refractivity (Wildman–Crippen MR) is 243 cm³/mol. The number of fused-ring (bicyclic) bond motifs is 6. The van der Waals surface area contributed by atoms with E-state index in [2.05, 4.69) is 240 Å². The van der Waals surface area contributed by atoms with E-state index in [1.165, 1.54) is 44.5 Å². The van der Waals surface area contributed by atoms with Crippen LogP contribution in [0.3, 0.4) is 0 Å². The molecule has 4 nitrogen and oxygen atoms in total. The van der Waals surface area contributed by atoms with E-state index >= 15 is 0 Å². The first kappa shape index (κ1) is 34.7. The fourth-order valence-corrected chi connectivity index (χ4v) is 14.1. The van der Waals surface area contributed by atoms with Crippen molar-refractivity contribution in [2.75, 3.05) is 18.3 Å². The molecule has 0 bridgehead atoms. The minimum atomic E-state index is -3.89. The highest BCUT2D eigenvalue weighted by molar-refractivity contribution is 6.97. The van der Waals surface area contributed by atoms with Crippen LogP contribution in [-0.4, -0.2) is 8.72 Å². The van der Waals surface area contributed by atoms with E-state index in [1.54, 1.807) is 0 Å². The molecule has 0 unspecified atom stereocenters. The molecule has 0 N–H and O–H groups in total. The minimum Gasteiger partial charge on any atom is -0.315 e. The summed E-state index contributed by atoms with van der Waals surface area (Å²) in [4.78, 5) is 0. The summed E-state index contributed by atoms with van der Waals surface area (Å²) in [5.41, 5.74) is 18.7. The van der Waals surface area contributed by atoms with Gasteiger partial charge in [0.25, 0.3) is 0 Å². The number of hydrogen-bond acceptors (Lipinski definition) is 4. The van der Waals surface area contributed by atoms with Crippen molar-refractivity contribution < 1.29 is 0 Å². The molecule has 0 aromatic heterocycles. The third-order valence-electron chi connectivity index (χ3n) is 11.5. The number of anilines is 8.